The first kappa shape index (κ1) is 10.4. The molecule has 2 aliphatic rings. The molecule has 82 valence electrons. The van der Waals surface area contributed by atoms with Crippen LogP contribution in [0, 0.1) is 5.92 Å². The zero-order valence-corrected chi connectivity index (χ0v) is 9.63. The van der Waals surface area contributed by atoms with Crippen molar-refractivity contribution in [3.05, 3.63) is 0 Å². The monoisotopic (exact) mass is 196 g/mol. The SMILES string of the molecule is CCC1CC(C)CN1C[C@H]1CCCN1. The van der Waals surface area contributed by atoms with Crippen LogP contribution in [0.4, 0.5) is 0 Å². The molecule has 0 aromatic carbocycles. The van der Waals surface area contributed by atoms with Crippen LogP contribution in [-0.4, -0.2) is 36.6 Å². The summed E-state index contributed by atoms with van der Waals surface area (Å²) >= 11 is 0. The smallest absolute Gasteiger partial charge is 0.0195 e. The van der Waals surface area contributed by atoms with E-state index in [1.165, 1.54) is 45.3 Å². The van der Waals surface area contributed by atoms with Gasteiger partial charge in [0.15, 0.2) is 0 Å². The van der Waals surface area contributed by atoms with E-state index < -0.39 is 0 Å². The van der Waals surface area contributed by atoms with Crippen molar-refractivity contribution in [1.82, 2.24) is 10.2 Å². The lowest BCUT2D eigenvalue weighted by Gasteiger charge is -2.26. The topological polar surface area (TPSA) is 15.3 Å². The second-order valence-electron chi connectivity index (χ2n) is 5.15. The Morgan fingerprint density at radius 3 is 2.93 bits per heavy atom. The standard InChI is InChI=1S/C12H24N2/c1-3-12-7-10(2)8-14(12)9-11-5-4-6-13-11/h10-13H,3-9H2,1-2H3/t10?,11-,12?/m1/s1. The van der Waals surface area contributed by atoms with Gasteiger partial charge >= 0.3 is 0 Å². The van der Waals surface area contributed by atoms with E-state index in [4.69, 9.17) is 0 Å². The minimum absolute atomic E-state index is 0.786. The molecule has 2 fully saturated rings. The number of nitrogens with one attached hydrogen (secondary N) is 1. The van der Waals surface area contributed by atoms with Crippen LogP contribution in [0.15, 0.2) is 0 Å². The first-order chi connectivity index (χ1) is 6.79. The van der Waals surface area contributed by atoms with Crippen molar-refractivity contribution in [3.8, 4) is 0 Å². The molecule has 2 saturated heterocycles. The van der Waals surface area contributed by atoms with Crippen LogP contribution < -0.4 is 5.32 Å². The highest BCUT2D eigenvalue weighted by Gasteiger charge is 2.30. The zero-order valence-electron chi connectivity index (χ0n) is 9.63. The lowest BCUT2D eigenvalue weighted by Crippen LogP contribution is -2.40. The average Bonchev–Trinajstić information content (AvgIpc) is 2.76. The molecule has 2 rings (SSSR count). The fraction of sp³-hybridized carbons (Fsp3) is 1.00. The van der Waals surface area contributed by atoms with E-state index in [1.807, 2.05) is 0 Å². The maximum Gasteiger partial charge on any atom is 0.0195 e. The fourth-order valence-corrected chi connectivity index (χ4v) is 3.08. The van der Waals surface area contributed by atoms with Gasteiger partial charge in [-0.3, -0.25) is 4.90 Å². The Bertz CT molecular complexity index is 175. The summed E-state index contributed by atoms with van der Waals surface area (Å²) in [5.74, 6) is 0.918. The first-order valence-electron chi connectivity index (χ1n) is 6.27. The Morgan fingerprint density at radius 1 is 1.43 bits per heavy atom. The number of hydrogen-bond acceptors (Lipinski definition) is 2. The summed E-state index contributed by atoms with van der Waals surface area (Å²) in [4.78, 5) is 2.72. The third kappa shape index (κ3) is 2.29. The molecule has 2 nitrogen and oxygen atoms in total. The number of rotatable bonds is 3. The van der Waals surface area contributed by atoms with Crippen molar-refractivity contribution in [1.29, 1.82) is 0 Å². The van der Waals surface area contributed by atoms with E-state index in [1.54, 1.807) is 0 Å². The van der Waals surface area contributed by atoms with Crippen molar-refractivity contribution < 1.29 is 0 Å². The van der Waals surface area contributed by atoms with Crippen LogP contribution in [0.25, 0.3) is 0 Å². The van der Waals surface area contributed by atoms with Gasteiger partial charge in [0.05, 0.1) is 0 Å². The van der Waals surface area contributed by atoms with Crippen molar-refractivity contribution in [2.75, 3.05) is 19.6 Å². The number of hydrogen-bond donors (Lipinski definition) is 1. The molecular formula is C12H24N2. The van der Waals surface area contributed by atoms with Crippen molar-refractivity contribution in [2.24, 2.45) is 5.92 Å². The third-order valence-electron chi connectivity index (χ3n) is 3.83. The predicted octanol–water partition coefficient (Wildman–Crippen LogP) is 1.86. The summed E-state index contributed by atoms with van der Waals surface area (Å²) in [5, 5.41) is 3.60. The first-order valence-corrected chi connectivity index (χ1v) is 6.27. The molecule has 2 heterocycles. The minimum atomic E-state index is 0.786. The van der Waals surface area contributed by atoms with Crippen molar-refractivity contribution in [3.63, 3.8) is 0 Å². The summed E-state index contributed by atoms with van der Waals surface area (Å²) in [6.07, 6.45) is 5.52. The predicted molar refractivity (Wildman–Crippen MR) is 60.5 cm³/mol. The van der Waals surface area contributed by atoms with Gasteiger partial charge in [0.1, 0.15) is 0 Å². The van der Waals surface area contributed by atoms with Crippen LogP contribution in [0.2, 0.25) is 0 Å². The molecule has 0 bridgehead atoms. The number of nitrogens with zero attached hydrogens (tertiary/aromatic N) is 1. The Morgan fingerprint density at radius 2 is 2.29 bits per heavy atom. The summed E-state index contributed by atoms with van der Waals surface area (Å²) in [7, 11) is 0. The van der Waals surface area contributed by atoms with Gasteiger partial charge in [-0.1, -0.05) is 13.8 Å². The molecule has 0 amide bonds. The normalized spacial score (nSPS) is 39.4. The molecule has 0 aromatic heterocycles. The molecular weight excluding hydrogens is 172 g/mol. The molecule has 2 heteroatoms. The molecule has 0 aliphatic carbocycles. The van der Waals surface area contributed by atoms with Crippen LogP contribution in [-0.2, 0) is 0 Å². The molecule has 1 N–H and O–H groups in total. The molecule has 0 spiro atoms. The second-order valence-corrected chi connectivity index (χ2v) is 5.15. The largest absolute Gasteiger partial charge is 0.313 e. The Hall–Kier alpha value is -0.0800. The quantitative estimate of drug-likeness (QED) is 0.741. The van der Waals surface area contributed by atoms with Gasteiger partial charge in [-0.15, -0.1) is 0 Å². The van der Waals surface area contributed by atoms with E-state index in [0.717, 1.165) is 18.0 Å². The summed E-state index contributed by atoms with van der Waals surface area (Å²) in [6, 6.07) is 1.65. The number of likely N-dealkylation sites (tertiary alicyclic amines) is 1. The highest BCUT2D eigenvalue weighted by molar-refractivity contribution is 4.87. The third-order valence-corrected chi connectivity index (χ3v) is 3.83. The maximum absolute atomic E-state index is 3.60. The fourth-order valence-electron chi connectivity index (χ4n) is 3.08. The molecule has 0 saturated carbocycles. The molecule has 2 unspecified atom stereocenters. The van der Waals surface area contributed by atoms with Crippen molar-refractivity contribution in [2.45, 2.75) is 51.6 Å². The van der Waals surface area contributed by atoms with Crippen LogP contribution in [0.3, 0.4) is 0 Å². The molecule has 0 radical (unpaired) electrons. The lowest BCUT2D eigenvalue weighted by molar-refractivity contribution is 0.224. The maximum atomic E-state index is 3.60. The Balaban J connectivity index is 1.83. The Kier molecular flexibility index (Phi) is 3.45. The van der Waals surface area contributed by atoms with Gasteiger partial charge in [-0.05, 0) is 38.1 Å². The zero-order chi connectivity index (χ0) is 9.97. The van der Waals surface area contributed by atoms with Crippen molar-refractivity contribution >= 4 is 0 Å². The van der Waals surface area contributed by atoms with E-state index in [9.17, 15) is 0 Å². The van der Waals surface area contributed by atoms with Gasteiger partial charge in [-0.25, -0.2) is 0 Å². The van der Waals surface area contributed by atoms with Crippen LogP contribution >= 0.6 is 0 Å². The summed E-state index contributed by atoms with van der Waals surface area (Å²) in [6.45, 7) is 8.59. The highest BCUT2D eigenvalue weighted by atomic mass is 15.2. The highest BCUT2D eigenvalue weighted by Crippen LogP contribution is 2.25. The van der Waals surface area contributed by atoms with Crippen LogP contribution in [0.5, 0.6) is 0 Å². The van der Waals surface area contributed by atoms with Crippen LogP contribution in [0.1, 0.15) is 39.5 Å². The van der Waals surface area contributed by atoms with Gasteiger partial charge in [0.2, 0.25) is 0 Å². The average molecular weight is 196 g/mol. The summed E-state index contributed by atoms with van der Waals surface area (Å²) < 4.78 is 0. The minimum Gasteiger partial charge on any atom is -0.313 e. The van der Waals surface area contributed by atoms with E-state index >= 15 is 0 Å². The molecule has 14 heavy (non-hydrogen) atoms. The molecule has 3 atom stereocenters. The molecule has 2 aliphatic heterocycles. The van der Waals surface area contributed by atoms with E-state index in [0.29, 0.717) is 0 Å². The van der Waals surface area contributed by atoms with Gasteiger partial charge < -0.3 is 5.32 Å². The van der Waals surface area contributed by atoms with Gasteiger partial charge in [0, 0.05) is 25.2 Å². The molecule has 0 aromatic rings. The Labute approximate surface area is 88.1 Å². The summed E-state index contributed by atoms with van der Waals surface area (Å²) in [5.41, 5.74) is 0. The van der Waals surface area contributed by atoms with E-state index in [-0.39, 0.29) is 0 Å². The van der Waals surface area contributed by atoms with E-state index in [2.05, 4.69) is 24.1 Å². The van der Waals surface area contributed by atoms with Gasteiger partial charge in [-0.2, -0.15) is 0 Å². The lowest BCUT2D eigenvalue weighted by atomic mass is 10.1. The van der Waals surface area contributed by atoms with Gasteiger partial charge in [0.25, 0.3) is 0 Å². The second kappa shape index (κ2) is 4.63.